The summed E-state index contributed by atoms with van der Waals surface area (Å²) in [6.45, 7) is 2.49. The third-order valence-corrected chi connectivity index (χ3v) is 4.15. The van der Waals surface area contributed by atoms with E-state index in [0.29, 0.717) is 23.7 Å². The van der Waals surface area contributed by atoms with Crippen LogP contribution in [-0.2, 0) is 4.74 Å². The van der Waals surface area contributed by atoms with E-state index >= 15 is 0 Å². The minimum Gasteiger partial charge on any atom is -0.497 e. The van der Waals surface area contributed by atoms with Crippen LogP contribution in [0.15, 0.2) is 18.2 Å². The molecule has 0 saturated heterocycles. The summed E-state index contributed by atoms with van der Waals surface area (Å²) in [7, 11) is 3.17. The number of carbonyl (C=O) groups excluding carboxylic acids is 1. The summed E-state index contributed by atoms with van der Waals surface area (Å²) in [5.74, 6) is 1.25. The normalized spacial score (nSPS) is 17.3. The Morgan fingerprint density at radius 3 is 2.43 bits per heavy atom. The van der Waals surface area contributed by atoms with E-state index in [0.717, 1.165) is 25.7 Å². The molecule has 0 amide bonds. The van der Waals surface area contributed by atoms with Crippen LogP contribution in [0, 0.1) is 0 Å². The van der Waals surface area contributed by atoms with Crippen molar-refractivity contribution in [1.29, 1.82) is 0 Å². The highest BCUT2D eigenvalue weighted by atomic mass is 16.5. The molecule has 1 saturated carbocycles. The predicted molar refractivity (Wildman–Crippen MR) is 81.3 cm³/mol. The zero-order valence-corrected chi connectivity index (χ0v) is 13.1. The zero-order valence-electron chi connectivity index (χ0n) is 13.1. The Bertz CT molecular complexity index is 484. The van der Waals surface area contributed by atoms with E-state index in [2.05, 4.69) is 0 Å². The van der Waals surface area contributed by atoms with Gasteiger partial charge in [-0.2, -0.15) is 0 Å². The molecule has 0 heterocycles. The van der Waals surface area contributed by atoms with Gasteiger partial charge < -0.3 is 14.2 Å². The molecular formula is C17H24O4. The van der Waals surface area contributed by atoms with Gasteiger partial charge in [-0.05, 0) is 31.9 Å². The van der Waals surface area contributed by atoms with Crippen molar-refractivity contribution >= 4 is 5.78 Å². The van der Waals surface area contributed by atoms with E-state index in [1.165, 1.54) is 6.42 Å². The second-order valence-electron chi connectivity index (χ2n) is 5.38. The number of benzene rings is 1. The zero-order chi connectivity index (χ0) is 15.3. The van der Waals surface area contributed by atoms with Gasteiger partial charge >= 0.3 is 0 Å². The van der Waals surface area contributed by atoms with Crippen molar-refractivity contribution < 1.29 is 19.0 Å². The third-order valence-electron chi connectivity index (χ3n) is 4.15. The Morgan fingerprint density at radius 1 is 1.14 bits per heavy atom. The molecule has 116 valence electrons. The molecule has 4 nitrogen and oxygen atoms in total. The van der Waals surface area contributed by atoms with Gasteiger partial charge in [-0.15, -0.1) is 0 Å². The summed E-state index contributed by atoms with van der Waals surface area (Å²) < 4.78 is 16.5. The molecule has 0 atom stereocenters. The van der Waals surface area contributed by atoms with Gasteiger partial charge in [-0.25, -0.2) is 0 Å². The first-order valence-electron chi connectivity index (χ1n) is 7.57. The van der Waals surface area contributed by atoms with Gasteiger partial charge in [-0.1, -0.05) is 19.3 Å². The van der Waals surface area contributed by atoms with Crippen molar-refractivity contribution in [3.63, 3.8) is 0 Å². The molecule has 1 aromatic rings. The highest BCUT2D eigenvalue weighted by Crippen LogP contribution is 2.37. The van der Waals surface area contributed by atoms with E-state index in [1.807, 2.05) is 6.92 Å². The Morgan fingerprint density at radius 2 is 1.86 bits per heavy atom. The topological polar surface area (TPSA) is 44.8 Å². The van der Waals surface area contributed by atoms with E-state index in [4.69, 9.17) is 14.2 Å². The number of hydrogen-bond acceptors (Lipinski definition) is 4. The highest BCUT2D eigenvalue weighted by molar-refractivity contribution is 6.04. The Hall–Kier alpha value is -1.55. The lowest BCUT2D eigenvalue weighted by Crippen LogP contribution is -2.43. The van der Waals surface area contributed by atoms with E-state index in [-0.39, 0.29) is 5.78 Å². The van der Waals surface area contributed by atoms with Crippen molar-refractivity contribution in [2.45, 2.75) is 44.6 Å². The molecule has 0 unspecified atom stereocenters. The first-order valence-corrected chi connectivity index (χ1v) is 7.57. The van der Waals surface area contributed by atoms with Crippen molar-refractivity contribution in [3.8, 4) is 11.5 Å². The van der Waals surface area contributed by atoms with Crippen LogP contribution in [0.5, 0.6) is 11.5 Å². The molecule has 2 rings (SSSR count). The van der Waals surface area contributed by atoms with E-state index < -0.39 is 5.60 Å². The van der Waals surface area contributed by atoms with Crippen LogP contribution in [-0.4, -0.2) is 32.2 Å². The summed E-state index contributed by atoms with van der Waals surface area (Å²) in [4.78, 5) is 13.0. The predicted octanol–water partition coefficient (Wildman–Crippen LogP) is 3.63. The van der Waals surface area contributed by atoms with Crippen LogP contribution in [0.3, 0.4) is 0 Å². The largest absolute Gasteiger partial charge is 0.497 e. The van der Waals surface area contributed by atoms with Crippen molar-refractivity contribution in [2.24, 2.45) is 0 Å². The Labute approximate surface area is 126 Å². The number of ketones is 1. The monoisotopic (exact) mass is 292 g/mol. The van der Waals surface area contributed by atoms with Crippen LogP contribution < -0.4 is 9.47 Å². The molecule has 0 bridgehead atoms. The van der Waals surface area contributed by atoms with E-state index in [1.54, 1.807) is 32.4 Å². The summed E-state index contributed by atoms with van der Waals surface area (Å²) in [6.07, 6.45) is 4.81. The quantitative estimate of drug-likeness (QED) is 0.751. The van der Waals surface area contributed by atoms with Crippen LogP contribution >= 0.6 is 0 Å². The molecule has 21 heavy (non-hydrogen) atoms. The van der Waals surface area contributed by atoms with Gasteiger partial charge in [0.15, 0.2) is 5.78 Å². The highest BCUT2D eigenvalue weighted by Gasteiger charge is 2.41. The first kappa shape index (κ1) is 15.8. The molecule has 0 N–H and O–H groups in total. The van der Waals surface area contributed by atoms with E-state index in [9.17, 15) is 4.79 Å². The fraction of sp³-hybridized carbons (Fsp3) is 0.588. The molecule has 0 spiro atoms. The van der Waals surface area contributed by atoms with Gasteiger partial charge in [0.25, 0.3) is 0 Å². The molecule has 0 radical (unpaired) electrons. The lowest BCUT2D eigenvalue weighted by Gasteiger charge is -2.35. The van der Waals surface area contributed by atoms with Crippen molar-refractivity contribution in [2.75, 3.05) is 20.8 Å². The second kappa shape index (κ2) is 6.94. The molecule has 0 aliphatic heterocycles. The maximum Gasteiger partial charge on any atom is 0.198 e. The third kappa shape index (κ3) is 3.21. The number of ether oxygens (including phenoxy) is 3. The fourth-order valence-electron chi connectivity index (χ4n) is 3.07. The molecular weight excluding hydrogens is 268 g/mol. The minimum absolute atomic E-state index is 0.0311. The lowest BCUT2D eigenvalue weighted by atomic mass is 9.79. The number of Topliss-reactive ketones (excluding diaryl/α,β-unsaturated/α-hetero) is 1. The average molecular weight is 292 g/mol. The average Bonchev–Trinajstić information content (AvgIpc) is 2.54. The van der Waals surface area contributed by atoms with Crippen LogP contribution in [0.2, 0.25) is 0 Å². The summed E-state index contributed by atoms with van der Waals surface area (Å²) >= 11 is 0. The maximum atomic E-state index is 13.0. The summed E-state index contributed by atoms with van der Waals surface area (Å²) in [5, 5.41) is 0. The van der Waals surface area contributed by atoms with Crippen LogP contribution in [0.4, 0.5) is 0 Å². The van der Waals surface area contributed by atoms with Crippen LogP contribution in [0.25, 0.3) is 0 Å². The fourth-order valence-corrected chi connectivity index (χ4v) is 3.07. The summed E-state index contributed by atoms with van der Waals surface area (Å²) in [6, 6.07) is 5.31. The minimum atomic E-state index is -0.686. The SMILES string of the molecule is CCOC1(C(=O)c2ccc(OC)cc2OC)CCCCC1. The number of hydrogen-bond donors (Lipinski definition) is 0. The molecule has 1 aliphatic rings. The van der Waals surface area contributed by atoms with Gasteiger partial charge in [0.1, 0.15) is 17.1 Å². The van der Waals surface area contributed by atoms with Crippen molar-refractivity contribution in [3.05, 3.63) is 23.8 Å². The second-order valence-corrected chi connectivity index (χ2v) is 5.38. The smallest absolute Gasteiger partial charge is 0.198 e. The molecule has 1 fully saturated rings. The van der Waals surface area contributed by atoms with Crippen molar-refractivity contribution in [1.82, 2.24) is 0 Å². The maximum absolute atomic E-state index is 13.0. The summed E-state index contributed by atoms with van der Waals surface area (Å²) in [5.41, 5.74) is -0.108. The van der Waals surface area contributed by atoms with Crippen LogP contribution in [0.1, 0.15) is 49.4 Å². The van der Waals surface area contributed by atoms with Gasteiger partial charge in [0, 0.05) is 12.7 Å². The first-order chi connectivity index (χ1) is 10.2. The molecule has 1 aromatic carbocycles. The molecule has 4 heteroatoms. The van der Waals surface area contributed by atoms with Gasteiger partial charge in [-0.3, -0.25) is 4.79 Å². The standard InChI is InChI=1S/C17H24O4/c1-4-21-17(10-6-5-7-11-17)16(18)14-9-8-13(19-2)12-15(14)20-3/h8-9,12H,4-7,10-11H2,1-3H3. The Kier molecular flexibility index (Phi) is 5.23. The molecule has 1 aliphatic carbocycles. The van der Waals surface area contributed by atoms with Gasteiger partial charge in [0.2, 0.25) is 0 Å². The lowest BCUT2D eigenvalue weighted by molar-refractivity contribution is -0.0412. The van der Waals surface area contributed by atoms with Gasteiger partial charge in [0.05, 0.1) is 19.8 Å². The molecule has 0 aromatic heterocycles. The Balaban J connectivity index is 2.36. The number of methoxy groups -OCH3 is 2. The number of carbonyl (C=O) groups is 1. The number of rotatable bonds is 6.